The number of hydrogen-bond acceptors (Lipinski definition) is 2. The molecule has 5 rings (SSSR count). The third kappa shape index (κ3) is 2.81. The van der Waals surface area contributed by atoms with E-state index in [1.165, 1.54) is 77.2 Å². The van der Waals surface area contributed by atoms with Gasteiger partial charge in [-0.2, -0.15) is 0 Å². The summed E-state index contributed by atoms with van der Waals surface area (Å²) in [6, 6.07) is 7.72. The van der Waals surface area contributed by atoms with Gasteiger partial charge >= 0.3 is 0 Å². The van der Waals surface area contributed by atoms with Crippen molar-refractivity contribution < 1.29 is 4.74 Å². The molecule has 25 heavy (non-hydrogen) atoms. The highest BCUT2D eigenvalue weighted by atomic mass is 16.5. The first-order chi connectivity index (χ1) is 12.4. The average molecular weight is 339 g/mol. The molecular formula is C23H32NO. The molecule has 1 aromatic carbocycles. The Morgan fingerprint density at radius 3 is 2.80 bits per heavy atom. The van der Waals surface area contributed by atoms with Crippen LogP contribution in [-0.4, -0.2) is 12.6 Å². The Kier molecular flexibility index (Phi) is 4.28. The molecule has 2 heteroatoms. The highest BCUT2D eigenvalue weighted by Crippen LogP contribution is 2.54. The molecule has 135 valence electrons. The summed E-state index contributed by atoms with van der Waals surface area (Å²) in [5.41, 5.74) is 3.66. The van der Waals surface area contributed by atoms with E-state index in [-0.39, 0.29) is 0 Å². The topological polar surface area (TPSA) is 21.3 Å². The van der Waals surface area contributed by atoms with E-state index >= 15 is 0 Å². The summed E-state index contributed by atoms with van der Waals surface area (Å²) in [5.74, 6) is 2.59. The minimum absolute atomic E-state index is 0.436. The molecule has 1 radical (unpaired) electrons. The molecule has 3 fully saturated rings. The molecule has 3 aliphatic carbocycles. The van der Waals surface area contributed by atoms with Crippen molar-refractivity contribution in [2.75, 3.05) is 6.54 Å². The third-order valence-electron chi connectivity index (χ3n) is 7.67. The van der Waals surface area contributed by atoms with Crippen LogP contribution in [0.2, 0.25) is 0 Å². The van der Waals surface area contributed by atoms with Crippen LogP contribution in [0.25, 0.3) is 0 Å². The summed E-state index contributed by atoms with van der Waals surface area (Å²) in [5, 5.41) is 3.83. The first kappa shape index (κ1) is 16.2. The van der Waals surface area contributed by atoms with Gasteiger partial charge in [-0.3, -0.25) is 0 Å². The van der Waals surface area contributed by atoms with E-state index in [4.69, 9.17) is 4.74 Å². The van der Waals surface area contributed by atoms with Crippen molar-refractivity contribution in [2.24, 2.45) is 11.8 Å². The summed E-state index contributed by atoms with van der Waals surface area (Å²) < 4.78 is 6.19. The van der Waals surface area contributed by atoms with E-state index in [2.05, 4.69) is 30.1 Å². The maximum atomic E-state index is 6.19. The molecule has 0 spiro atoms. The smallest absolute Gasteiger partial charge is 0.138 e. The number of rotatable bonds is 3. The van der Waals surface area contributed by atoms with Crippen molar-refractivity contribution in [3.8, 4) is 5.75 Å². The van der Waals surface area contributed by atoms with Crippen LogP contribution in [0.15, 0.2) is 18.2 Å². The molecule has 3 atom stereocenters. The van der Waals surface area contributed by atoms with Gasteiger partial charge in [0.2, 0.25) is 0 Å². The Morgan fingerprint density at radius 1 is 1.00 bits per heavy atom. The Labute approximate surface area is 152 Å². The van der Waals surface area contributed by atoms with E-state index < -0.39 is 0 Å². The zero-order valence-corrected chi connectivity index (χ0v) is 15.4. The molecule has 2 bridgehead atoms. The molecule has 2 nitrogen and oxygen atoms in total. The minimum Gasteiger partial charge on any atom is -0.486 e. The molecule has 0 amide bonds. The second kappa shape index (κ2) is 6.61. The fourth-order valence-electron chi connectivity index (χ4n) is 6.42. The highest BCUT2D eigenvalue weighted by Gasteiger charge is 2.51. The number of benzene rings is 1. The van der Waals surface area contributed by atoms with Crippen LogP contribution < -0.4 is 10.1 Å². The van der Waals surface area contributed by atoms with Crippen molar-refractivity contribution in [2.45, 2.75) is 82.1 Å². The molecule has 1 N–H and O–H groups in total. The van der Waals surface area contributed by atoms with Gasteiger partial charge in [0.15, 0.2) is 0 Å². The Balaban J connectivity index is 1.40. The monoisotopic (exact) mass is 338 g/mol. The summed E-state index contributed by atoms with van der Waals surface area (Å²) >= 11 is 0. The fourth-order valence-corrected chi connectivity index (χ4v) is 6.42. The Morgan fingerprint density at radius 2 is 1.88 bits per heavy atom. The zero-order chi connectivity index (χ0) is 16.7. The van der Waals surface area contributed by atoms with Crippen molar-refractivity contribution in [1.29, 1.82) is 0 Å². The van der Waals surface area contributed by atoms with Crippen LogP contribution in [0, 0.1) is 18.4 Å². The SMILES string of the molecule is [CH](Oc1ccc2c(c1)[C@@]13CCCC[C@H]1[C@@H](C2)NCC3)C1CCCCC1. The number of nitrogens with one attached hydrogen (secondary N) is 1. The first-order valence-electron chi connectivity index (χ1n) is 10.7. The van der Waals surface area contributed by atoms with Gasteiger partial charge in [0, 0.05) is 11.5 Å². The highest BCUT2D eigenvalue weighted by molar-refractivity contribution is 5.45. The largest absolute Gasteiger partial charge is 0.486 e. The standard InChI is InChI=1S/C23H32NO/c1-2-6-17(7-3-1)16-25-19-10-9-18-14-22-20-8-4-5-11-23(20,12-13-24-22)21(18)15-19/h9-10,15-17,20,22,24H,1-8,11-14H2/t20-,22+,23+/m0/s1. The molecule has 1 aliphatic heterocycles. The lowest BCUT2D eigenvalue weighted by atomic mass is 9.53. The Bertz CT molecular complexity index is 617. The average Bonchev–Trinajstić information content (AvgIpc) is 2.67. The van der Waals surface area contributed by atoms with Gasteiger partial charge in [0.25, 0.3) is 0 Å². The van der Waals surface area contributed by atoms with Gasteiger partial charge in [0.05, 0.1) is 0 Å². The fraction of sp³-hybridized carbons (Fsp3) is 0.696. The molecule has 0 aromatic heterocycles. The van der Waals surface area contributed by atoms with Crippen LogP contribution in [0.1, 0.15) is 75.3 Å². The van der Waals surface area contributed by atoms with Gasteiger partial charge < -0.3 is 10.1 Å². The zero-order valence-electron chi connectivity index (χ0n) is 15.4. The summed E-state index contributed by atoms with van der Waals surface area (Å²) in [6.07, 6.45) is 14.9. The number of fused-ring (bicyclic) bond motifs is 1. The number of ether oxygens (including phenoxy) is 1. The lowest BCUT2D eigenvalue weighted by Gasteiger charge is -2.56. The number of hydrogen-bond donors (Lipinski definition) is 1. The van der Waals surface area contributed by atoms with Gasteiger partial charge in [0.1, 0.15) is 12.4 Å². The molecule has 0 unspecified atom stereocenters. The Hall–Kier alpha value is -1.02. The lowest BCUT2D eigenvalue weighted by molar-refractivity contribution is 0.0795. The third-order valence-corrected chi connectivity index (χ3v) is 7.67. The lowest BCUT2D eigenvalue weighted by Crippen LogP contribution is -2.59. The maximum Gasteiger partial charge on any atom is 0.138 e. The van der Waals surface area contributed by atoms with E-state index in [1.54, 1.807) is 11.1 Å². The van der Waals surface area contributed by atoms with Crippen LogP contribution >= 0.6 is 0 Å². The van der Waals surface area contributed by atoms with Crippen LogP contribution in [0.5, 0.6) is 5.75 Å². The summed E-state index contributed by atoms with van der Waals surface area (Å²) in [4.78, 5) is 0. The molecule has 4 aliphatic rings. The maximum absolute atomic E-state index is 6.19. The van der Waals surface area contributed by atoms with Crippen molar-refractivity contribution >= 4 is 0 Å². The van der Waals surface area contributed by atoms with E-state index in [9.17, 15) is 0 Å². The van der Waals surface area contributed by atoms with Crippen molar-refractivity contribution in [3.05, 3.63) is 35.9 Å². The predicted molar refractivity (Wildman–Crippen MR) is 102 cm³/mol. The molecule has 1 aromatic rings. The van der Waals surface area contributed by atoms with Gasteiger partial charge in [-0.1, -0.05) is 38.2 Å². The van der Waals surface area contributed by atoms with Gasteiger partial charge in [-0.15, -0.1) is 0 Å². The second-order valence-electron chi connectivity index (χ2n) is 8.99. The predicted octanol–water partition coefficient (Wildman–Crippen LogP) is 5.15. The van der Waals surface area contributed by atoms with E-state index in [1.807, 2.05) is 0 Å². The van der Waals surface area contributed by atoms with E-state index in [0.717, 1.165) is 11.7 Å². The van der Waals surface area contributed by atoms with Crippen LogP contribution in [0.4, 0.5) is 0 Å². The quantitative estimate of drug-likeness (QED) is 0.822. The first-order valence-corrected chi connectivity index (χ1v) is 10.7. The van der Waals surface area contributed by atoms with Gasteiger partial charge in [-0.05, 0) is 80.2 Å². The van der Waals surface area contributed by atoms with Gasteiger partial charge in [-0.25, -0.2) is 0 Å². The summed E-state index contributed by atoms with van der Waals surface area (Å²) in [7, 11) is 0. The van der Waals surface area contributed by atoms with E-state index in [0.29, 0.717) is 17.4 Å². The normalized spacial score (nSPS) is 34.9. The molecule has 1 heterocycles. The minimum atomic E-state index is 0.436. The van der Waals surface area contributed by atoms with Crippen LogP contribution in [0.3, 0.4) is 0 Å². The van der Waals surface area contributed by atoms with Crippen LogP contribution in [-0.2, 0) is 11.8 Å². The molecule has 2 saturated carbocycles. The molecule has 1 saturated heterocycles. The number of piperidine rings is 1. The molecular weight excluding hydrogens is 306 g/mol. The summed E-state index contributed by atoms with van der Waals surface area (Å²) in [6.45, 7) is 3.34. The van der Waals surface area contributed by atoms with Crippen molar-refractivity contribution in [3.63, 3.8) is 0 Å². The van der Waals surface area contributed by atoms with Crippen molar-refractivity contribution in [1.82, 2.24) is 5.32 Å². The second-order valence-corrected chi connectivity index (χ2v) is 8.99.